The van der Waals surface area contributed by atoms with Gasteiger partial charge in [-0.2, -0.15) is 0 Å². The van der Waals surface area contributed by atoms with Crippen LogP contribution in [0.25, 0.3) is 0 Å². The number of carbonyl (C=O) groups is 3. The van der Waals surface area contributed by atoms with Crippen molar-refractivity contribution in [2.75, 3.05) is 0 Å². The van der Waals surface area contributed by atoms with Gasteiger partial charge in [-0.3, -0.25) is 14.4 Å². The predicted octanol–water partition coefficient (Wildman–Crippen LogP) is 3.37. The smallest absolute Gasteiger partial charge is 0.286 e. The molecule has 1 saturated carbocycles. The van der Waals surface area contributed by atoms with Crippen molar-refractivity contribution in [3.8, 4) is 0 Å². The Morgan fingerprint density at radius 1 is 0.840 bits per heavy atom. The van der Waals surface area contributed by atoms with Crippen LogP contribution >= 0.6 is 11.6 Å². The molecule has 0 N–H and O–H groups in total. The average Bonchev–Trinajstić information content (AvgIpc) is 2.59. The van der Waals surface area contributed by atoms with E-state index in [9.17, 15) is 27.6 Å². The van der Waals surface area contributed by atoms with Crippen LogP contribution in [0.15, 0.2) is 35.9 Å². The topological polar surface area (TPSA) is 51.2 Å². The second kappa shape index (κ2) is 4.35. The second-order valence-electron chi connectivity index (χ2n) is 6.18. The quantitative estimate of drug-likeness (QED) is 0.515. The first-order chi connectivity index (χ1) is 11.5. The molecule has 0 aliphatic heterocycles. The van der Waals surface area contributed by atoms with Gasteiger partial charge in [0.15, 0.2) is 23.2 Å². The first-order valence-corrected chi connectivity index (χ1v) is 7.44. The van der Waals surface area contributed by atoms with E-state index in [0.717, 1.165) is 12.1 Å². The van der Waals surface area contributed by atoms with Crippen LogP contribution in [0.4, 0.5) is 22.0 Å². The van der Waals surface area contributed by atoms with Crippen molar-refractivity contribution in [1.82, 2.24) is 0 Å². The lowest BCUT2D eigenvalue weighted by Gasteiger charge is -2.55. The largest absolute Gasteiger partial charge is 0.294 e. The third-order valence-electron chi connectivity index (χ3n) is 5.12. The number of halogens is 6. The van der Waals surface area contributed by atoms with Crippen LogP contribution in [0.3, 0.4) is 0 Å². The lowest BCUT2D eigenvalue weighted by molar-refractivity contribution is -0.171. The normalized spacial score (nSPS) is 42.6. The van der Waals surface area contributed by atoms with Crippen molar-refractivity contribution in [1.29, 1.82) is 0 Å². The van der Waals surface area contributed by atoms with Gasteiger partial charge in [0.25, 0.3) is 5.13 Å². The Balaban J connectivity index is 2.13. The van der Waals surface area contributed by atoms with Gasteiger partial charge in [-0.25, -0.2) is 22.0 Å². The van der Waals surface area contributed by atoms with Crippen LogP contribution in [0.2, 0.25) is 0 Å². The number of hydrogen-bond donors (Lipinski definition) is 0. The van der Waals surface area contributed by atoms with E-state index in [2.05, 4.69) is 0 Å². The molecule has 4 aliphatic carbocycles. The maximum Gasteiger partial charge on any atom is 0.286 e. The Bertz CT molecular complexity index is 926. The molecule has 9 heteroatoms. The van der Waals surface area contributed by atoms with Gasteiger partial charge < -0.3 is 0 Å². The molecule has 0 heterocycles. The van der Waals surface area contributed by atoms with E-state index >= 15 is 8.78 Å². The molecule has 1 fully saturated rings. The monoisotopic (exact) mass is 376 g/mol. The first kappa shape index (κ1) is 16.4. The molecule has 1 aromatic rings. The van der Waals surface area contributed by atoms with Gasteiger partial charge in [0, 0.05) is 11.1 Å². The SMILES string of the molecule is O=C1c2ccccc2C(=O)C2C1[C@@]1(F)C(=O)C(F)(Cl)[C@]2(F)C(F)=C1F. The summed E-state index contributed by atoms with van der Waals surface area (Å²) in [5, 5.41) is -4.37. The van der Waals surface area contributed by atoms with Crippen molar-refractivity contribution in [2.24, 2.45) is 11.8 Å². The molecule has 0 aromatic heterocycles. The number of carbonyl (C=O) groups excluding carboxylic acids is 3. The summed E-state index contributed by atoms with van der Waals surface area (Å²) < 4.78 is 73.4. The minimum atomic E-state index is -4.37. The fourth-order valence-corrected chi connectivity index (χ4v) is 4.27. The fourth-order valence-electron chi connectivity index (χ4n) is 3.93. The highest BCUT2D eigenvalue weighted by molar-refractivity contribution is 6.39. The molecule has 3 nitrogen and oxygen atoms in total. The molecule has 130 valence electrons. The van der Waals surface area contributed by atoms with E-state index in [1.54, 1.807) is 0 Å². The van der Waals surface area contributed by atoms with E-state index in [1.807, 2.05) is 0 Å². The zero-order valence-electron chi connectivity index (χ0n) is 12.0. The molecule has 4 aliphatic rings. The summed E-state index contributed by atoms with van der Waals surface area (Å²) in [4.78, 5) is 37.1. The van der Waals surface area contributed by atoms with Gasteiger partial charge in [0.05, 0.1) is 11.8 Å². The molecule has 2 bridgehead atoms. The van der Waals surface area contributed by atoms with E-state index in [-0.39, 0.29) is 5.56 Å². The van der Waals surface area contributed by atoms with Crippen LogP contribution in [0.1, 0.15) is 20.7 Å². The Hall–Kier alpha value is -2.09. The van der Waals surface area contributed by atoms with Crippen molar-refractivity contribution >= 4 is 29.0 Å². The zero-order valence-corrected chi connectivity index (χ0v) is 12.7. The highest BCUT2D eigenvalue weighted by Gasteiger charge is 2.86. The first-order valence-electron chi connectivity index (χ1n) is 7.06. The molecular weight excluding hydrogens is 371 g/mol. The number of benzene rings is 1. The Kier molecular flexibility index (Phi) is 2.85. The van der Waals surface area contributed by atoms with Crippen LogP contribution in [0, 0.1) is 11.8 Å². The van der Waals surface area contributed by atoms with Crippen LogP contribution < -0.4 is 0 Å². The van der Waals surface area contributed by atoms with E-state index in [0.29, 0.717) is 0 Å². The van der Waals surface area contributed by atoms with Gasteiger partial charge in [0.1, 0.15) is 0 Å². The molecule has 25 heavy (non-hydrogen) atoms. The molecule has 0 saturated heterocycles. The summed E-state index contributed by atoms with van der Waals surface area (Å²) >= 11 is 5.13. The predicted molar refractivity (Wildman–Crippen MR) is 73.7 cm³/mol. The number of allylic oxidation sites excluding steroid dienone is 2. The Labute approximate surface area is 141 Å². The van der Waals surface area contributed by atoms with Crippen LogP contribution in [-0.2, 0) is 4.79 Å². The molecule has 5 rings (SSSR count). The standard InChI is InChI=1S/C16H6ClF5O3/c17-16(22)13(25)14(20)7-8(15(16,21)12(19)11(14)18)10(24)6-4-2-1-3-5(6)9(7)23/h1-4,7-8H/t7?,8?,14-,15+,16?/m0/s1. The van der Waals surface area contributed by atoms with Crippen LogP contribution in [-0.4, -0.2) is 33.8 Å². The number of fused-ring (bicyclic) bond motifs is 2. The number of ketones is 3. The van der Waals surface area contributed by atoms with Crippen LogP contribution in [0.5, 0.6) is 0 Å². The summed E-state index contributed by atoms with van der Waals surface area (Å²) in [5.74, 6) is -15.5. The molecule has 1 aromatic carbocycles. The average molecular weight is 377 g/mol. The molecule has 0 spiro atoms. The Morgan fingerprint density at radius 2 is 1.32 bits per heavy atom. The lowest BCUT2D eigenvalue weighted by Crippen LogP contribution is -2.77. The molecule has 0 amide bonds. The summed E-state index contributed by atoms with van der Waals surface area (Å²) in [5.41, 5.74) is -9.31. The minimum absolute atomic E-state index is 0.387. The highest BCUT2D eigenvalue weighted by Crippen LogP contribution is 2.66. The third kappa shape index (κ3) is 1.43. The van der Waals surface area contributed by atoms with Gasteiger partial charge in [-0.15, -0.1) is 0 Å². The van der Waals surface area contributed by atoms with Crippen molar-refractivity contribution < 1.29 is 36.3 Å². The minimum Gasteiger partial charge on any atom is -0.294 e. The van der Waals surface area contributed by atoms with Crippen molar-refractivity contribution in [3.63, 3.8) is 0 Å². The molecular formula is C16H6ClF5O3. The molecule has 0 radical (unpaired) electrons. The number of hydrogen-bond acceptors (Lipinski definition) is 3. The van der Waals surface area contributed by atoms with Crippen molar-refractivity contribution in [3.05, 3.63) is 47.0 Å². The van der Waals surface area contributed by atoms with Gasteiger partial charge in [-0.05, 0) is 0 Å². The number of Topliss-reactive ketones (excluding diaryl/α,β-unsaturated/α-hetero) is 3. The van der Waals surface area contributed by atoms with Gasteiger partial charge in [-0.1, -0.05) is 35.9 Å². The highest BCUT2D eigenvalue weighted by atomic mass is 35.5. The summed E-state index contributed by atoms with van der Waals surface area (Å²) in [7, 11) is 0. The summed E-state index contributed by atoms with van der Waals surface area (Å²) in [6.07, 6.45) is 0. The van der Waals surface area contributed by atoms with E-state index < -0.39 is 62.9 Å². The Morgan fingerprint density at radius 3 is 1.84 bits per heavy atom. The third-order valence-corrected chi connectivity index (χ3v) is 5.56. The second-order valence-corrected chi connectivity index (χ2v) is 6.71. The summed E-state index contributed by atoms with van der Waals surface area (Å²) in [6.45, 7) is 0. The van der Waals surface area contributed by atoms with Gasteiger partial charge >= 0.3 is 0 Å². The zero-order chi connectivity index (χ0) is 18.5. The van der Waals surface area contributed by atoms with E-state index in [4.69, 9.17) is 11.6 Å². The maximum atomic E-state index is 15.3. The number of alkyl halides is 4. The molecule has 3 unspecified atom stereocenters. The molecule has 5 atom stereocenters. The van der Waals surface area contributed by atoms with Gasteiger partial charge in [0.2, 0.25) is 17.1 Å². The van der Waals surface area contributed by atoms with E-state index in [1.165, 1.54) is 12.1 Å². The van der Waals surface area contributed by atoms with Crippen molar-refractivity contribution in [2.45, 2.75) is 16.5 Å². The maximum absolute atomic E-state index is 15.3. The fraction of sp³-hybridized carbons (Fsp3) is 0.312. The number of rotatable bonds is 0. The lowest BCUT2D eigenvalue weighted by atomic mass is 9.51. The summed E-state index contributed by atoms with van der Waals surface area (Å²) in [6, 6.07) is 4.77.